The summed E-state index contributed by atoms with van der Waals surface area (Å²) in [4.78, 5) is 10.9. The zero-order chi connectivity index (χ0) is 9.97. The first-order valence-corrected chi connectivity index (χ1v) is 5.44. The average molecular weight is 191 g/mol. The maximum atomic E-state index is 10.9. The van der Waals surface area contributed by atoms with Crippen LogP contribution in [0.2, 0.25) is 0 Å². The van der Waals surface area contributed by atoms with Crippen molar-refractivity contribution < 1.29 is 4.79 Å². The van der Waals surface area contributed by atoms with Crippen LogP contribution in [0.5, 0.6) is 0 Å². The van der Waals surface area contributed by atoms with E-state index in [4.69, 9.17) is 0 Å². The fraction of sp³-hybridized carbons (Fsp3) is 0.583. The van der Waals surface area contributed by atoms with E-state index in [1.165, 1.54) is 31.3 Å². The molecule has 1 unspecified atom stereocenters. The molecule has 2 aliphatic carbocycles. The first-order valence-electron chi connectivity index (χ1n) is 5.44. The minimum Gasteiger partial charge on any atom is -0.330 e. The molecule has 0 bridgehead atoms. The topological polar surface area (TPSA) is 29.1 Å². The summed E-state index contributed by atoms with van der Waals surface area (Å²) in [6, 6.07) is 0. The first kappa shape index (κ1) is 9.50. The lowest BCUT2D eigenvalue weighted by Crippen LogP contribution is -2.23. The highest BCUT2D eigenvalue weighted by Gasteiger charge is 2.21. The van der Waals surface area contributed by atoms with E-state index in [1.54, 1.807) is 6.92 Å². The molecule has 2 heteroatoms. The molecule has 0 fully saturated rings. The maximum Gasteiger partial charge on any atom is 0.220 e. The van der Waals surface area contributed by atoms with Gasteiger partial charge in [-0.25, -0.2) is 0 Å². The van der Waals surface area contributed by atoms with E-state index < -0.39 is 0 Å². The summed E-state index contributed by atoms with van der Waals surface area (Å²) in [6.07, 6.45) is 10.6. The minimum atomic E-state index is 0.0473. The fourth-order valence-corrected chi connectivity index (χ4v) is 2.38. The Balaban J connectivity index is 2.11. The van der Waals surface area contributed by atoms with Gasteiger partial charge in [0.05, 0.1) is 0 Å². The van der Waals surface area contributed by atoms with Crippen LogP contribution in [0.25, 0.3) is 0 Å². The van der Waals surface area contributed by atoms with Crippen molar-refractivity contribution in [2.24, 2.45) is 5.92 Å². The van der Waals surface area contributed by atoms with Gasteiger partial charge in [0.2, 0.25) is 5.91 Å². The normalized spacial score (nSPS) is 25.9. The summed E-state index contributed by atoms with van der Waals surface area (Å²) >= 11 is 0. The summed E-state index contributed by atoms with van der Waals surface area (Å²) < 4.78 is 0. The summed E-state index contributed by atoms with van der Waals surface area (Å²) in [5.41, 5.74) is 2.55. The molecule has 0 saturated carbocycles. The van der Waals surface area contributed by atoms with Crippen LogP contribution in [0.15, 0.2) is 23.4 Å². The van der Waals surface area contributed by atoms with Crippen LogP contribution in [0.4, 0.5) is 0 Å². The molecule has 0 aromatic carbocycles. The second kappa shape index (κ2) is 3.99. The van der Waals surface area contributed by atoms with Gasteiger partial charge in [0.15, 0.2) is 0 Å². The number of carbonyl (C=O) groups is 1. The first-order chi connectivity index (χ1) is 6.75. The second-order valence-electron chi connectivity index (χ2n) is 4.22. The van der Waals surface area contributed by atoms with Crippen LogP contribution >= 0.6 is 0 Å². The van der Waals surface area contributed by atoms with Gasteiger partial charge in [-0.3, -0.25) is 4.79 Å². The van der Waals surface area contributed by atoms with Gasteiger partial charge in [0.25, 0.3) is 0 Å². The molecular weight excluding hydrogens is 174 g/mol. The van der Waals surface area contributed by atoms with Crippen molar-refractivity contribution in [1.29, 1.82) is 0 Å². The lowest BCUT2D eigenvalue weighted by molar-refractivity contribution is -0.118. The van der Waals surface area contributed by atoms with Crippen LogP contribution in [-0.4, -0.2) is 5.91 Å². The Hall–Kier alpha value is -1.05. The molecule has 1 N–H and O–H groups in total. The summed E-state index contributed by atoms with van der Waals surface area (Å²) in [5, 5.41) is 2.90. The van der Waals surface area contributed by atoms with E-state index in [1.807, 2.05) is 0 Å². The number of allylic oxidation sites excluding steroid dienone is 4. The maximum absolute atomic E-state index is 10.9. The lowest BCUT2D eigenvalue weighted by atomic mass is 9.80. The zero-order valence-corrected chi connectivity index (χ0v) is 8.68. The molecule has 0 aromatic rings. The van der Waals surface area contributed by atoms with Crippen molar-refractivity contribution in [2.45, 2.75) is 39.0 Å². The van der Waals surface area contributed by atoms with E-state index in [2.05, 4.69) is 17.5 Å². The van der Waals surface area contributed by atoms with Crippen molar-refractivity contribution in [3.05, 3.63) is 23.4 Å². The molecule has 1 atom stereocenters. The molecule has 0 radical (unpaired) electrons. The van der Waals surface area contributed by atoms with Gasteiger partial charge in [-0.05, 0) is 49.7 Å². The van der Waals surface area contributed by atoms with Crippen LogP contribution in [0.1, 0.15) is 39.0 Å². The molecule has 0 aliphatic heterocycles. The van der Waals surface area contributed by atoms with Crippen LogP contribution in [-0.2, 0) is 4.79 Å². The number of rotatable bonds is 1. The third-order valence-corrected chi connectivity index (χ3v) is 3.05. The van der Waals surface area contributed by atoms with E-state index in [0.717, 1.165) is 18.0 Å². The highest BCUT2D eigenvalue weighted by atomic mass is 16.1. The van der Waals surface area contributed by atoms with Crippen molar-refractivity contribution in [3.63, 3.8) is 0 Å². The van der Waals surface area contributed by atoms with Crippen molar-refractivity contribution in [3.8, 4) is 0 Å². The van der Waals surface area contributed by atoms with E-state index in [9.17, 15) is 4.79 Å². The lowest BCUT2D eigenvalue weighted by Gasteiger charge is -2.27. The number of amides is 1. The largest absolute Gasteiger partial charge is 0.330 e. The van der Waals surface area contributed by atoms with Gasteiger partial charge < -0.3 is 5.32 Å². The average Bonchev–Trinajstić information content (AvgIpc) is 2.17. The Kier molecular flexibility index (Phi) is 2.71. The van der Waals surface area contributed by atoms with Gasteiger partial charge in [0.1, 0.15) is 0 Å². The van der Waals surface area contributed by atoms with Gasteiger partial charge in [-0.15, -0.1) is 0 Å². The number of hydrogen-bond donors (Lipinski definition) is 1. The molecule has 2 rings (SSSR count). The second-order valence-corrected chi connectivity index (χ2v) is 4.22. The molecular formula is C12H17NO. The zero-order valence-electron chi connectivity index (χ0n) is 8.68. The predicted molar refractivity (Wildman–Crippen MR) is 56.6 cm³/mol. The Labute approximate surface area is 85.1 Å². The Morgan fingerprint density at radius 2 is 2.36 bits per heavy atom. The summed E-state index contributed by atoms with van der Waals surface area (Å²) in [7, 11) is 0. The van der Waals surface area contributed by atoms with Crippen LogP contribution in [0, 0.1) is 5.92 Å². The molecule has 0 aromatic heterocycles. The monoisotopic (exact) mass is 191 g/mol. The highest BCUT2D eigenvalue weighted by Crippen LogP contribution is 2.34. The third-order valence-electron chi connectivity index (χ3n) is 3.05. The van der Waals surface area contributed by atoms with E-state index in [0.29, 0.717) is 0 Å². The smallest absolute Gasteiger partial charge is 0.220 e. The van der Waals surface area contributed by atoms with Gasteiger partial charge >= 0.3 is 0 Å². The highest BCUT2D eigenvalue weighted by molar-refractivity contribution is 5.75. The molecule has 0 heterocycles. The number of fused-ring (bicyclic) bond motifs is 1. The number of nitrogens with one attached hydrogen (secondary N) is 1. The molecule has 0 spiro atoms. The molecule has 1 amide bonds. The third kappa shape index (κ3) is 2.06. The summed E-state index contributed by atoms with van der Waals surface area (Å²) in [5.74, 6) is 0.812. The quantitative estimate of drug-likeness (QED) is 0.678. The summed E-state index contributed by atoms with van der Waals surface area (Å²) in [6.45, 7) is 1.57. The Morgan fingerprint density at radius 1 is 1.50 bits per heavy atom. The molecule has 2 nitrogen and oxygen atoms in total. The standard InChI is InChI=1S/C12H17NO/c1-9(14)13-12-7-6-10-4-2-3-5-11(10)8-12/h5,8,10H,2-4,6-7H2,1H3,(H,13,14). The van der Waals surface area contributed by atoms with Gasteiger partial charge in [0, 0.05) is 12.6 Å². The fourth-order valence-electron chi connectivity index (χ4n) is 2.38. The van der Waals surface area contributed by atoms with E-state index in [-0.39, 0.29) is 5.91 Å². The van der Waals surface area contributed by atoms with E-state index >= 15 is 0 Å². The SMILES string of the molecule is CC(=O)NC1=CC2=CCCCC2CC1. The molecule has 14 heavy (non-hydrogen) atoms. The van der Waals surface area contributed by atoms with Crippen molar-refractivity contribution in [1.82, 2.24) is 5.32 Å². The molecule has 0 saturated heterocycles. The Bertz CT molecular complexity index is 301. The van der Waals surface area contributed by atoms with Crippen LogP contribution < -0.4 is 5.32 Å². The number of hydrogen-bond acceptors (Lipinski definition) is 1. The predicted octanol–water partition coefficient (Wildman–Crippen LogP) is 2.53. The van der Waals surface area contributed by atoms with Crippen molar-refractivity contribution in [2.75, 3.05) is 0 Å². The van der Waals surface area contributed by atoms with Gasteiger partial charge in [-0.2, -0.15) is 0 Å². The van der Waals surface area contributed by atoms with Gasteiger partial charge in [-0.1, -0.05) is 6.08 Å². The Morgan fingerprint density at radius 3 is 3.14 bits per heavy atom. The van der Waals surface area contributed by atoms with Crippen molar-refractivity contribution >= 4 is 5.91 Å². The van der Waals surface area contributed by atoms with Crippen LogP contribution in [0.3, 0.4) is 0 Å². The number of carbonyl (C=O) groups excluding carboxylic acids is 1. The molecule has 76 valence electrons. The molecule has 2 aliphatic rings. The minimum absolute atomic E-state index is 0.0473.